The van der Waals surface area contributed by atoms with Crippen LogP contribution in [0.1, 0.15) is 31.3 Å². The van der Waals surface area contributed by atoms with Crippen molar-refractivity contribution in [2.24, 2.45) is 0 Å². The van der Waals surface area contributed by atoms with Gasteiger partial charge in [0.2, 0.25) is 0 Å². The van der Waals surface area contributed by atoms with Crippen LogP contribution in [0.3, 0.4) is 0 Å². The van der Waals surface area contributed by atoms with Crippen molar-refractivity contribution < 1.29 is 24.2 Å². The molecule has 0 atom stereocenters. The summed E-state index contributed by atoms with van der Waals surface area (Å²) >= 11 is 0. The van der Waals surface area contributed by atoms with Crippen LogP contribution >= 0.6 is 0 Å². The summed E-state index contributed by atoms with van der Waals surface area (Å²) in [6.07, 6.45) is 0.950. The number of amides is 2. The molecule has 2 aromatic carbocycles. The van der Waals surface area contributed by atoms with Crippen molar-refractivity contribution in [1.82, 2.24) is 19.8 Å². The van der Waals surface area contributed by atoms with Gasteiger partial charge in [0, 0.05) is 30.5 Å². The number of hydrogen-bond acceptors (Lipinski definition) is 5. The van der Waals surface area contributed by atoms with Gasteiger partial charge in [-0.3, -0.25) is 14.2 Å². The van der Waals surface area contributed by atoms with Crippen LogP contribution in [0.4, 0.5) is 4.79 Å². The third-order valence-corrected chi connectivity index (χ3v) is 4.65. The van der Waals surface area contributed by atoms with Crippen LogP contribution in [-0.2, 0) is 9.53 Å². The zero-order chi connectivity index (χ0) is 24.7. The van der Waals surface area contributed by atoms with Crippen molar-refractivity contribution >= 4 is 18.0 Å². The molecule has 0 saturated carbocycles. The highest BCUT2D eigenvalue weighted by Crippen LogP contribution is 2.23. The first kappa shape index (κ1) is 24.5. The number of hydrogen-bond donors (Lipinski definition) is 2. The Kier molecular flexibility index (Phi) is 7.68. The topological polar surface area (TPSA) is 114 Å². The summed E-state index contributed by atoms with van der Waals surface area (Å²) in [4.78, 5) is 42.2. The molecule has 1 heterocycles. The van der Waals surface area contributed by atoms with Crippen molar-refractivity contribution in [2.75, 3.05) is 19.6 Å². The Morgan fingerprint density at radius 2 is 1.65 bits per heavy atom. The molecular weight excluding hydrogens is 436 g/mol. The van der Waals surface area contributed by atoms with Crippen molar-refractivity contribution in [3.8, 4) is 17.1 Å². The lowest BCUT2D eigenvalue weighted by atomic mass is 10.2. The molecule has 0 radical (unpaired) electrons. The molecule has 2 N–H and O–H groups in total. The van der Waals surface area contributed by atoms with Gasteiger partial charge in [0.25, 0.3) is 5.91 Å². The van der Waals surface area contributed by atoms with E-state index in [0.29, 0.717) is 5.82 Å². The fourth-order valence-corrected chi connectivity index (χ4v) is 3.24. The first-order valence-electron chi connectivity index (χ1n) is 10.8. The Hall–Kier alpha value is -4.14. The molecule has 178 valence electrons. The van der Waals surface area contributed by atoms with Crippen LogP contribution in [0.5, 0.6) is 0 Å². The van der Waals surface area contributed by atoms with E-state index in [1.54, 1.807) is 31.5 Å². The van der Waals surface area contributed by atoms with Crippen molar-refractivity contribution in [3.05, 3.63) is 72.6 Å². The normalized spacial score (nSPS) is 11.0. The van der Waals surface area contributed by atoms with Crippen molar-refractivity contribution in [3.63, 3.8) is 0 Å². The van der Waals surface area contributed by atoms with Gasteiger partial charge in [-0.15, -0.1) is 0 Å². The first-order chi connectivity index (χ1) is 16.1. The maximum atomic E-state index is 13.3. The fourth-order valence-electron chi connectivity index (χ4n) is 3.24. The average Bonchev–Trinajstić information content (AvgIpc) is 3.23. The summed E-state index contributed by atoms with van der Waals surface area (Å²) in [6.45, 7) is 4.68. The number of para-hydroxylation sites is 1. The molecule has 0 saturated heterocycles. The number of rotatable bonds is 8. The zero-order valence-electron chi connectivity index (χ0n) is 19.4. The molecular formula is C25H28N4O5. The summed E-state index contributed by atoms with van der Waals surface area (Å²) < 4.78 is 6.97. The van der Waals surface area contributed by atoms with Gasteiger partial charge in [-0.2, -0.15) is 0 Å². The third kappa shape index (κ3) is 6.68. The lowest BCUT2D eigenvalue weighted by Gasteiger charge is -2.22. The number of nitrogens with zero attached hydrogens (tertiary/aromatic N) is 3. The van der Waals surface area contributed by atoms with Crippen LogP contribution in [0.15, 0.2) is 66.9 Å². The molecule has 0 aliphatic rings. The summed E-state index contributed by atoms with van der Waals surface area (Å²) in [5, 5.41) is 11.9. The lowest BCUT2D eigenvalue weighted by molar-refractivity contribution is -0.137. The van der Waals surface area contributed by atoms with E-state index >= 15 is 0 Å². The molecule has 0 aliphatic heterocycles. The number of alkyl carbamates (subject to hydrolysis) is 1. The van der Waals surface area contributed by atoms with Crippen LogP contribution < -0.4 is 5.32 Å². The molecule has 0 fully saturated rings. The number of carbonyl (C=O) groups is 3. The molecule has 0 unspecified atom stereocenters. The van der Waals surface area contributed by atoms with E-state index in [2.05, 4.69) is 10.3 Å². The van der Waals surface area contributed by atoms with Crippen molar-refractivity contribution in [1.29, 1.82) is 0 Å². The second-order valence-electron chi connectivity index (χ2n) is 8.57. The molecule has 0 bridgehead atoms. The second-order valence-corrected chi connectivity index (χ2v) is 8.57. The maximum absolute atomic E-state index is 13.3. The molecule has 9 nitrogen and oxygen atoms in total. The Labute approximate surface area is 198 Å². The van der Waals surface area contributed by atoms with Crippen LogP contribution in [0.2, 0.25) is 0 Å². The second kappa shape index (κ2) is 10.7. The molecule has 2 amide bonds. The Bertz CT molecular complexity index is 1080. The van der Waals surface area contributed by atoms with E-state index in [1.807, 2.05) is 60.7 Å². The highest BCUT2D eigenvalue weighted by molar-refractivity contribution is 5.94. The van der Waals surface area contributed by atoms with Gasteiger partial charge < -0.3 is 20.1 Å². The standard InChI is InChI=1S/C25H28N4O5/c1-25(2,3)34-24(33)26-14-15-28(17-21(30)31)23(32)20-16-29(19-12-8-5-9-13-19)22(27-20)18-10-6-4-7-11-18/h4-13,16H,14-15,17H2,1-3H3,(H,26,33)(H,30,31). The molecule has 0 spiro atoms. The Morgan fingerprint density at radius 1 is 1.03 bits per heavy atom. The number of benzene rings is 2. The number of aromatic nitrogens is 2. The number of ether oxygens (including phenoxy) is 1. The minimum absolute atomic E-state index is 0.0246. The van der Waals surface area contributed by atoms with Crippen LogP contribution in [0, 0.1) is 0 Å². The minimum atomic E-state index is -1.17. The predicted octanol–water partition coefficient (Wildman–Crippen LogP) is 3.59. The Balaban J connectivity index is 1.85. The minimum Gasteiger partial charge on any atom is -0.480 e. The van der Waals surface area contributed by atoms with Gasteiger partial charge in [0.1, 0.15) is 23.7 Å². The predicted molar refractivity (Wildman–Crippen MR) is 127 cm³/mol. The van der Waals surface area contributed by atoms with E-state index in [1.165, 1.54) is 0 Å². The lowest BCUT2D eigenvalue weighted by Crippen LogP contribution is -2.42. The third-order valence-electron chi connectivity index (χ3n) is 4.65. The molecule has 34 heavy (non-hydrogen) atoms. The molecule has 9 heteroatoms. The van der Waals surface area contributed by atoms with E-state index in [4.69, 9.17) is 4.74 Å². The SMILES string of the molecule is CC(C)(C)OC(=O)NCCN(CC(=O)O)C(=O)c1cn(-c2ccccc2)c(-c2ccccc2)n1. The van der Waals surface area contributed by atoms with Crippen molar-refractivity contribution in [2.45, 2.75) is 26.4 Å². The van der Waals surface area contributed by atoms with Gasteiger partial charge in [0.15, 0.2) is 0 Å². The fraction of sp³-hybridized carbons (Fsp3) is 0.280. The molecule has 1 aromatic heterocycles. The highest BCUT2D eigenvalue weighted by Gasteiger charge is 2.24. The monoisotopic (exact) mass is 464 g/mol. The number of imidazole rings is 1. The van der Waals surface area contributed by atoms with E-state index < -0.39 is 30.1 Å². The quantitative estimate of drug-likeness (QED) is 0.527. The molecule has 3 rings (SSSR count). The van der Waals surface area contributed by atoms with Gasteiger partial charge in [0.05, 0.1) is 0 Å². The van der Waals surface area contributed by atoms with Gasteiger partial charge in [-0.25, -0.2) is 9.78 Å². The average molecular weight is 465 g/mol. The number of nitrogens with one attached hydrogen (secondary N) is 1. The summed E-state index contributed by atoms with van der Waals surface area (Å²) in [5.41, 5.74) is 1.05. The number of aliphatic carboxylic acids is 1. The van der Waals surface area contributed by atoms with E-state index in [0.717, 1.165) is 16.2 Å². The van der Waals surface area contributed by atoms with Crippen LogP contribution in [-0.4, -0.2) is 62.8 Å². The summed E-state index contributed by atoms with van der Waals surface area (Å²) in [6, 6.07) is 18.8. The number of carboxylic acids is 1. The molecule has 0 aliphatic carbocycles. The number of carbonyl (C=O) groups excluding carboxylic acids is 2. The first-order valence-corrected chi connectivity index (χ1v) is 10.8. The van der Waals surface area contributed by atoms with Gasteiger partial charge in [-0.1, -0.05) is 48.5 Å². The van der Waals surface area contributed by atoms with E-state index in [-0.39, 0.29) is 18.8 Å². The van der Waals surface area contributed by atoms with Gasteiger partial charge in [-0.05, 0) is 32.9 Å². The van der Waals surface area contributed by atoms with E-state index in [9.17, 15) is 19.5 Å². The largest absolute Gasteiger partial charge is 0.480 e. The molecule has 3 aromatic rings. The van der Waals surface area contributed by atoms with Crippen LogP contribution in [0.25, 0.3) is 17.1 Å². The van der Waals surface area contributed by atoms with Gasteiger partial charge >= 0.3 is 12.1 Å². The summed E-state index contributed by atoms with van der Waals surface area (Å²) in [7, 11) is 0. The Morgan fingerprint density at radius 3 is 2.24 bits per heavy atom. The smallest absolute Gasteiger partial charge is 0.407 e. The highest BCUT2D eigenvalue weighted by atomic mass is 16.6. The zero-order valence-corrected chi connectivity index (χ0v) is 19.4. The number of carboxylic acid groups (broad SMARTS) is 1. The summed E-state index contributed by atoms with van der Waals surface area (Å²) in [5.74, 6) is -1.17. The maximum Gasteiger partial charge on any atom is 0.407 e.